The van der Waals surface area contributed by atoms with Gasteiger partial charge >= 0.3 is 11.9 Å². The van der Waals surface area contributed by atoms with Crippen molar-refractivity contribution in [1.82, 2.24) is 5.09 Å². The first-order chi connectivity index (χ1) is 6.15. The second-order valence-electron chi connectivity index (χ2n) is 2.36. The lowest BCUT2D eigenvalue weighted by Crippen LogP contribution is -2.32. The van der Waals surface area contributed by atoms with Crippen LogP contribution < -0.4 is 5.09 Å². The van der Waals surface area contributed by atoms with Crippen molar-refractivity contribution in [3.05, 3.63) is 0 Å². The smallest absolute Gasteiger partial charge is 0.323 e. The Morgan fingerprint density at radius 3 is 2.38 bits per heavy atom. The van der Waals surface area contributed by atoms with Gasteiger partial charge in [0.15, 0.2) is 0 Å². The first kappa shape index (κ1) is 12.3. The van der Waals surface area contributed by atoms with Crippen LogP contribution in [-0.4, -0.2) is 32.2 Å². The summed E-state index contributed by atoms with van der Waals surface area (Å²) >= 11 is 0. The summed E-state index contributed by atoms with van der Waals surface area (Å²) in [6.45, 7) is 0. The Balaban J connectivity index is 3.85. The van der Waals surface area contributed by atoms with Gasteiger partial charge in [-0.2, -0.15) is 0 Å². The molecule has 0 aliphatic heterocycles. The number of methoxy groups -OCH3 is 2. The molecule has 0 rings (SSSR count). The molecule has 0 saturated heterocycles. The van der Waals surface area contributed by atoms with Gasteiger partial charge in [0.05, 0.1) is 14.2 Å². The van der Waals surface area contributed by atoms with Gasteiger partial charge in [-0.3, -0.25) is 14.7 Å². The molecule has 13 heavy (non-hydrogen) atoms. The van der Waals surface area contributed by atoms with Gasteiger partial charge in [-0.1, -0.05) is 9.39 Å². The molecule has 0 fully saturated rings. The first-order valence-electron chi connectivity index (χ1n) is 3.76. The van der Waals surface area contributed by atoms with Crippen molar-refractivity contribution in [3.8, 4) is 0 Å². The van der Waals surface area contributed by atoms with E-state index < -0.39 is 6.04 Å². The van der Waals surface area contributed by atoms with Gasteiger partial charge < -0.3 is 9.47 Å². The van der Waals surface area contributed by atoms with Gasteiger partial charge in [-0.05, 0) is 6.42 Å². The molecule has 0 saturated carbocycles. The fraction of sp³-hybridized carbons (Fsp3) is 0.714. The zero-order chi connectivity index (χ0) is 10.3. The van der Waals surface area contributed by atoms with E-state index in [1.165, 1.54) is 14.2 Å². The molecule has 0 aliphatic carbocycles. The normalized spacial score (nSPS) is 11.9. The summed E-state index contributed by atoms with van der Waals surface area (Å²) < 4.78 is 8.94. The summed E-state index contributed by atoms with van der Waals surface area (Å²) in [6.07, 6.45) is 0.556. The maximum atomic E-state index is 11.0. The highest BCUT2D eigenvalue weighted by atomic mass is 31.0. The Kier molecular flexibility index (Phi) is 6.45. The Hall–Kier alpha value is -0.670. The first-order valence-corrected chi connectivity index (χ1v) is 4.34. The fourth-order valence-electron chi connectivity index (χ4n) is 0.776. The second-order valence-corrected chi connectivity index (χ2v) is 2.69. The highest BCUT2D eigenvalue weighted by Crippen LogP contribution is 2.02. The minimum atomic E-state index is -0.478. The van der Waals surface area contributed by atoms with Crippen molar-refractivity contribution in [2.24, 2.45) is 0 Å². The summed E-state index contributed by atoms with van der Waals surface area (Å²) in [5, 5.41) is 2.67. The number of esters is 2. The van der Waals surface area contributed by atoms with Gasteiger partial charge in [0.25, 0.3) is 0 Å². The van der Waals surface area contributed by atoms with Gasteiger partial charge in [-0.15, -0.1) is 0 Å². The molecule has 0 radical (unpaired) electrons. The van der Waals surface area contributed by atoms with Crippen molar-refractivity contribution >= 4 is 21.3 Å². The van der Waals surface area contributed by atoms with Crippen molar-refractivity contribution < 1.29 is 19.1 Å². The second kappa shape index (κ2) is 6.80. The molecule has 0 aliphatic rings. The van der Waals surface area contributed by atoms with E-state index in [1.54, 1.807) is 0 Å². The number of hydrogen-bond donors (Lipinski definition) is 1. The van der Waals surface area contributed by atoms with Crippen LogP contribution in [0.15, 0.2) is 0 Å². The van der Waals surface area contributed by atoms with E-state index in [4.69, 9.17) is 0 Å². The van der Waals surface area contributed by atoms with Crippen LogP contribution in [-0.2, 0) is 19.1 Å². The SMILES string of the molecule is COC(=O)CC[C@H](NP)C(=O)OC. The lowest BCUT2D eigenvalue weighted by molar-refractivity contribution is -0.144. The third-order valence-corrected chi connectivity index (χ3v) is 1.95. The summed E-state index contributed by atoms with van der Waals surface area (Å²) in [5.74, 6) is -0.729. The summed E-state index contributed by atoms with van der Waals surface area (Å²) in [5.41, 5.74) is 0. The maximum absolute atomic E-state index is 11.0. The maximum Gasteiger partial charge on any atom is 0.323 e. The van der Waals surface area contributed by atoms with Crippen LogP contribution in [0.2, 0.25) is 0 Å². The zero-order valence-electron chi connectivity index (χ0n) is 7.70. The highest BCUT2D eigenvalue weighted by molar-refractivity contribution is 7.13. The van der Waals surface area contributed by atoms with E-state index in [0.717, 1.165) is 0 Å². The molecule has 0 aromatic carbocycles. The number of rotatable bonds is 5. The van der Waals surface area contributed by atoms with Crippen molar-refractivity contribution in [3.63, 3.8) is 0 Å². The molecule has 0 aromatic heterocycles. The van der Waals surface area contributed by atoms with Crippen LogP contribution in [0.1, 0.15) is 12.8 Å². The third-order valence-electron chi connectivity index (χ3n) is 1.55. The monoisotopic (exact) mass is 207 g/mol. The van der Waals surface area contributed by atoms with Gasteiger partial charge in [0.2, 0.25) is 0 Å². The molecular weight excluding hydrogens is 193 g/mol. The Bertz CT molecular complexity index is 185. The molecule has 1 N–H and O–H groups in total. The number of carbonyl (C=O) groups excluding carboxylic acids is 2. The largest absolute Gasteiger partial charge is 0.469 e. The summed E-state index contributed by atoms with van der Waals surface area (Å²) in [6, 6.07) is -0.478. The topological polar surface area (TPSA) is 64.6 Å². The molecular formula is C7H14NO4P. The molecule has 2 atom stereocenters. The van der Waals surface area contributed by atoms with Gasteiger partial charge in [0.1, 0.15) is 6.04 Å². The van der Waals surface area contributed by atoms with E-state index in [9.17, 15) is 9.59 Å². The van der Waals surface area contributed by atoms with E-state index in [-0.39, 0.29) is 18.4 Å². The van der Waals surface area contributed by atoms with Crippen LogP contribution in [0.3, 0.4) is 0 Å². The summed E-state index contributed by atoms with van der Waals surface area (Å²) in [4.78, 5) is 21.7. The van der Waals surface area contributed by atoms with Crippen molar-refractivity contribution in [2.45, 2.75) is 18.9 Å². The molecule has 0 heterocycles. The van der Waals surface area contributed by atoms with Crippen LogP contribution in [0.25, 0.3) is 0 Å². The standard InChI is InChI=1S/C7H14NO4P/c1-11-6(9)4-3-5(8-13)7(10)12-2/h5,8H,3-4,13H2,1-2H3/t5-/m0/s1. The molecule has 0 amide bonds. The quantitative estimate of drug-likeness (QED) is 0.502. The molecule has 1 unspecified atom stereocenters. The molecule has 76 valence electrons. The lowest BCUT2D eigenvalue weighted by atomic mass is 10.2. The van der Waals surface area contributed by atoms with E-state index >= 15 is 0 Å². The Labute approximate surface area is 79.4 Å². The number of nitrogens with one attached hydrogen (secondary N) is 1. The van der Waals surface area contributed by atoms with E-state index in [0.29, 0.717) is 6.42 Å². The Morgan fingerprint density at radius 2 is 2.00 bits per heavy atom. The number of hydrogen-bond acceptors (Lipinski definition) is 5. The number of ether oxygens (including phenoxy) is 2. The van der Waals surface area contributed by atoms with Gasteiger partial charge in [-0.25, -0.2) is 0 Å². The van der Waals surface area contributed by atoms with Gasteiger partial charge in [0, 0.05) is 6.42 Å². The van der Waals surface area contributed by atoms with Crippen LogP contribution in [0.4, 0.5) is 0 Å². The Morgan fingerprint density at radius 1 is 1.38 bits per heavy atom. The van der Waals surface area contributed by atoms with E-state index in [2.05, 4.69) is 24.0 Å². The van der Waals surface area contributed by atoms with E-state index in [1.807, 2.05) is 0 Å². The number of carbonyl (C=O) groups is 2. The minimum Gasteiger partial charge on any atom is -0.469 e. The molecule has 0 bridgehead atoms. The fourth-order valence-corrected chi connectivity index (χ4v) is 1.08. The molecule has 0 spiro atoms. The summed E-state index contributed by atoms with van der Waals surface area (Å²) in [7, 11) is 4.82. The minimum absolute atomic E-state index is 0.192. The van der Waals surface area contributed by atoms with Crippen molar-refractivity contribution in [1.29, 1.82) is 0 Å². The predicted octanol–water partition coefficient (Wildman–Crippen LogP) is -0.139. The highest BCUT2D eigenvalue weighted by Gasteiger charge is 2.17. The van der Waals surface area contributed by atoms with Crippen LogP contribution >= 0.6 is 9.39 Å². The van der Waals surface area contributed by atoms with Crippen LogP contribution in [0, 0.1) is 0 Å². The average Bonchev–Trinajstić information content (AvgIpc) is 2.17. The third kappa shape index (κ3) is 4.80. The molecule has 0 aromatic rings. The molecule has 6 heteroatoms. The van der Waals surface area contributed by atoms with Crippen molar-refractivity contribution in [2.75, 3.05) is 14.2 Å². The average molecular weight is 207 g/mol. The van der Waals surface area contributed by atoms with Crippen LogP contribution in [0.5, 0.6) is 0 Å². The zero-order valence-corrected chi connectivity index (χ0v) is 8.86. The predicted molar refractivity (Wildman–Crippen MR) is 49.9 cm³/mol. The lowest BCUT2D eigenvalue weighted by Gasteiger charge is -2.11. The molecule has 5 nitrogen and oxygen atoms in total.